The van der Waals surface area contributed by atoms with E-state index in [9.17, 15) is 9.59 Å². The predicted molar refractivity (Wildman–Crippen MR) is 70.9 cm³/mol. The summed E-state index contributed by atoms with van der Waals surface area (Å²) in [5.41, 5.74) is 0. The lowest BCUT2D eigenvalue weighted by molar-refractivity contribution is -0.140. The number of carbonyl (C=O) groups excluding carboxylic acids is 1. The summed E-state index contributed by atoms with van der Waals surface area (Å²) < 4.78 is 5.54. The first-order valence-electron chi connectivity index (χ1n) is 6.84. The molecule has 19 heavy (non-hydrogen) atoms. The summed E-state index contributed by atoms with van der Waals surface area (Å²) in [6.45, 7) is 6.83. The van der Waals surface area contributed by atoms with Crippen molar-refractivity contribution in [2.45, 2.75) is 45.8 Å². The molecule has 0 aromatic carbocycles. The maximum atomic E-state index is 11.7. The van der Waals surface area contributed by atoms with Crippen molar-refractivity contribution in [1.29, 1.82) is 0 Å². The molecule has 3 N–H and O–H groups in total. The molecule has 2 unspecified atom stereocenters. The fourth-order valence-electron chi connectivity index (χ4n) is 2.31. The van der Waals surface area contributed by atoms with Gasteiger partial charge in [-0.25, -0.2) is 9.59 Å². The van der Waals surface area contributed by atoms with Gasteiger partial charge in [0.05, 0.1) is 6.10 Å². The standard InChI is InChI=1S/C13H24N2O4/c1-4-10-9(5-6-19-10)7-14-13(18)15-11(8(2)3)12(16)17/h8-11H,4-7H2,1-3H3,(H,16,17)(H2,14,15,18)/t9?,10?,11-/m1/s1. The number of urea groups is 1. The molecule has 0 aliphatic carbocycles. The third-order valence-corrected chi connectivity index (χ3v) is 3.49. The summed E-state index contributed by atoms with van der Waals surface area (Å²) in [6, 6.07) is -1.29. The lowest BCUT2D eigenvalue weighted by Gasteiger charge is -2.20. The van der Waals surface area contributed by atoms with Crippen molar-refractivity contribution in [3.05, 3.63) is 0 Å². The average molecular weight is 272 g/mol. The van der Waals surface area contributed by atoms with Gasteiger partial charge >= 0.3 is 12.0 Å². The Labute approximate surface area is 113 Å². The third kappa shape index (κ3) is 4.70. The van der Waals surface area contributed by atoms with Crippen molar-refractivity contribution >= 4 is 12.0 Å². The number of nitrogens with one attached hydrogen (secondary N) is 2. The second-order valence-electron chi connectivity index (χ2n) is 5.28. The lowest BCUT2D eigenvalue weighted by Crippen LogP contribution is -2.49. The minimum Gasteiger partial charge on any atom is -0.480 e. The smallest absolute Gasteiger partial charge is 0.326 e. The second-order valence-corrected chi connectivity index (χ2v) is 5.28. The monoisotopic (exact) mass is 272 g/mol. The average Bonchev–Trinajstić information content (AvgIpc) is 2.79. The largest absolute Gasteiger partial charge is 0.480 e. The van der Waals surface area contributed by atoms with E-state index in [1.54, 1.807) is 13.8 Å². The number of carboxylic acids is 1. The molecular weight excluding hydrogens is 248 g/mol. The first-order valence-corrected chi connectivity index (χ1v) is 6.84. The molecule has 1 fully saturated rings. The molecule has 6 nitrogen and oxygen atoms in total. The number of aliphatic carboxylic acids is 1. The van der Waals surface area contributed by atoms with Crippen LogP contribution < -0.4 is 10.6 Å². The third-order valence-electron chi connectivity index (χ3n) is 3.49. The van der Waals surface area contributed by atoms with Gasteiger partial charge in [-0.2, -0.15) is 0 Å². The molecule has 0 spiro atoms. The first kappa shape index (κ1) is 15.8. The maximum absolute atomic E-state index is 11.7. The van der Waals surface area contributed by atoms with Crippen LogP contribution in [0.4, 0.5) is 4.79 Å². The zero-order chi connectivity index (χ0) is 14.4. The van der Waals surface area contributed by atoms with E-state index >= 15 is 0 Å². The van der Waals surface area contributed by atoms with E-state index in [4.69, 9.17) is 9.84 Å². The van der Waals surface area contributed by atoms with Gasteiger partial charge in [0.15, 0.2) is 0 Å². The summed E-state index contributed by atoms with van der Waals surface area (Å²) in [6.07, 6.45) is 2.06. The predicted octanol–water partition coefficient (Wildman–Crippen LogP) is 1.21. The van der Waals surface area contributed by atoms with Gasteiger partial charge in [-0.05, 0) is 18.8 Å². The summed E-state index contributed by atoms with van der Waals surface area (Å²) in [5.74, 6) is -0.847. The molecule has 0 aromatic heterocycles. The van der Waals surface area contributed by atoms with E-state index < -0.39 is 18.0 Å². The number of amides is 2. The Morgan fingerprint density at radius 1 is 1.42 bits per heavy atom. The number of carbonyl (C=O) groups is 2. The minimum absolute atomic E-state index is 0.151. The van der Waals surface area contributed by atoms with Gasteiger partial charge in [0.2, 0.25) is 0 Å². The van der Waals surface area contributed by atoms with Crippen molar-refractivity contribution in [3.8, 4) is 0 Å². The fraction of sp³-hybridized carbons (Fsp3) is 0.846. The number of hydrogen-bond acceptors (Lipinski definition) is 3. The van der Waals surface area contributed by atoms with Crippen LogP contribution in [0.3, 0.4) is 0 Å². The highest BCUT2D eigenvalue weighted by atomic mass is 16.5. The molecular formula is C13H24N2O4. The van der Waals surface area contributed by atoms with Gasteiger partial charge in [0, 0.05) is 19.1 Å². The van der Waals surface area contributed by atoms with Crippen molar-refractivity contribution in [2.24, 2.45) is 11.8 Å². The van der Waals surface area contributed by atoms with Crippen LogP contribution in [0.2, 0.25) is 0 Å². The molecule has 0 saturated carbocycles. The van der Waals surface area contributed by atoms with Crippen LogP contribution >= 0.6 is 0 Å². The van der Waals surface area contributed by atoms with Gasteiger partial charge in [-0.3, -0.25) is 0 Å². The lowest BCUT2D eigenvalue weighted by atomic mass is 10.00. The van der Waals surface area contributed by atoms with Crippen LogP contribution in [0, 0.1) is 11.8 Å². The normalized spacial score (nSPS) is 24.2. The van der Waals surface area contributed by atoms with Crippen molar-refractivity contribution in [2.75, 3.05) is 13.2 Å². The Morgan fingerprint density at radius 3 is 2.63 bits per heavy atom. The van der Waals surface area contributed by atoms with E-state index in [2.05, 4.69) is 17.6 Å². The Balaban J connectivity index is 2.36. The van der Waals surface area contributed by atoms with Crippen LogP contribution in [-0.4, -0.2) is 42.4 Å². The summed E-state index contributed by atoms with van der Waals surface area (Å²) in [5, 5.41) is 14.2. The van der Waals surface area contributed by atoms with Gasteiger partial charge in [-0.1, -0.05) is 20.8 Å². The highest BCUT2D eigenvalue weighted by Crippen LogP contribution is 2.22. The summed E-state index contributed by atoms with van der Waals surface area (Å²) in [4.78, 5) is 22.7. The molecule has 1 saturated heterocycles. The van der Waals surface area contributed by atoms with Gasteiger partial charge in [0.25, 0.3) is 0 Å². The Morgan fingerprint density at radius 2 is 2.11 bits per heavy atom. The van der Waals surface area contributed by atoms with Crippen LogP contribution in [0.1, 0.15) is 33.6 Å². The minimum atomic E-state index is -1.01. The Kier molecular flexibility index (Phi) is 6.08. The Bertz CT molecular complexity index is 320. The molecule has 1 aliphatic heterocycles. The van der Waals surface area contributed by atoms with E-state index in [-0.39, 0.29) is 12.0 Å². The highest BCUT2D eigenvalue weighted by Gasteiger charge is 2.28. The van der Waals surface area contributed by atoms with Crippen LogP contribution in [-0.2, 0) is 9.53 Å². The molecule has 1 rings (SSSR count). The van der Waals surface area contributed by atoms with Crippen molar-refractivity contribution in [1.82, 2.24) is 10.6 Å². The second kappa shape index (κ2) is 7.33. The van der Waals surface area contributed by atoms with E-state index in [0.29, 0.717) is 12.5 Å². The number of hydrogen-bond donors (Lipinski definition) is 3. The van der Waals surface area contributed by atoms with Crippen LogP contribution in [0.25, 0.3) is 0 Å². The van der Waals surface area contributed by atoms with Gasteiger partial charge in [-0.15, -0.1) is 0 Å². The molecule has 0 bridgehead atoms. The first-order chi connectivity index (χ1) is 8.95. The fourth-order valence-corrected chi connectivity index (χ4v) is 2.31. The van der Waals surface area contributed by atoms with Gasteiger partial charge < -0.3 is 20.5 Å². The maximum Gasteiger partial charge on any atom is 0.326 e. The van der Waals surface area contributed by atoms with Crippen molar-refractivity contribution in [3.63, 3.8) is 0 Å². The zero-order valence-corrected chi connectivity index (χ0v) is 11.8. The van der Waals surface area contributed by atoms with Gasteiger partial charge in [0.1, 0.15) is 6.04 Å². The van der Waals surface area contributed by atoms with Crippen molar-refractivity contribution < 1.29 is 19.4 Å². The Hall–Kier alpha value is -1.30. The van der Waals surface area contributed by atoms with Crippen LogP contribution in [0.15, 0.2) is 0 Å². The molecule has 1 heterocycles. The van der Waals surface area contributed by atoms with Crippen LogP contribution in [0.5, 0.6) is 0 Å². The molecule has 2 amide bonds. The number of ether oxygens (including phenoxy) is 1. The van der Waals surface area contributed by atoms with E-state index in [0.717, 1.165) is 19.4 Å². The topological polar surface area (TPSA) is 87.7 Å². The van der Waals surface area contributed by atoms with E-state index in [1.165, 1.54) is 0 Å². The summed E-state index contributed by atoms with van der Waals surface area (Å²) >= 11 is 0. The molecule has 6 heteroatoms. The number of carboxylic acid groups (broad SMARTS) is 1. The molecule has 1 aliphatic rings. The molecule has 110 valence electrons. The molecule has 0 radical (unpaired) electrons. The molecule has 3 atom stereocenters. The molecule has 0 aromatic rings. The summed E-state index contributed by atoms with van der Waals surface area (Å²) in [7, 11) is 0. The van der Waals surface area contributed by atoms with E-state index in [1.807, 2.05) is 0 Å². The highest BCUT2D eigenvalue weighted by molar-refractivity contribution is 5.82. The zero-order valence-electron chi connectivity index (χ0n) is 11.8. The SMILES string of the molecule is CCC1OCCC1CNC(=O)N[C@@H](C(=O)O)C(C)C. The quantitative estimate of drug-likeness (QED) is 0.678. The number of rotatable bonds is 6.